The van der Waals surface area contributed by atoms with E-state index in [4.69, 9.17) is 16.3 Å². The molecular formula is C18H24ClN3O2. The van der Waals surface area contributed by atoms with E-state index in [0.29, 0.717) is 11.1 Å². The molecule has 2 aliphatic heterocycles. The average Bonchev–Trinajstić information content (AvgIpc) is 3.34. The van der Waals surface area contributed by atoms with Crippen LogP contribution in [0.2, 0.25) is 5.02 Å². The number of carbonyl (C=O) groups excluding carboxylic acids is 1. The highest BCUT2D eigenvalue weighted by atomic mass is 35.5. The Morgan fingerprint density at radius 2 is 1.79 bits per heavy atom. The van der Waals surface area contributed by atoms with Crippen molar-refractivity contribution in [2.24, 2.45) is 5.92 Å². The molecule has 0 radical (unpaired) electrons. The van der Waals surface area contributed by atoms with Gasteiger partial charge in [-0.3, -0.25) is 10.2 Å². The molecule has 0 bridgehead atoms. The number of halogens is 1. The maximum atomic E-state index is 12.7. The standard InChI is InChI=1S/C18H24ClN3O2/c19-13-3-5-14(6-4-13)24-15-7-9-22(10-8-15)18(23)17-11-16(20-21-17)12-1-2-12/h3-6,12,15-17,20-21H,1-2,7-11H2. The van der Waals surface area contributed by atoms with Crippen LogP contribution in [0.15, 0.2) is 24.3 Å². The van der Waals surface area contributed by atoms with Crippen LogP contribution in [0.25, 0.3) is 0 Å². The number of rotatable bonds is 4. The fraction of sp³-hybridized carbons (Fsp3) is 0.611. The summed E-state index contributed by atoms with van der Waals surface area (Å²) in [4.78, 5) is 14.6. The van der Waals surface area contributed by atoms with E-state index in [2.05, 4.69) is 10.9 Å². The van der Waals surface area contributed by atoms with E-state index >= 15 is 0 Å². The molecule has 1 aliphatic carbocycles. The summed E-state index contributed by atoms with van der Waals surface area (Å²) in [5.74, 6) is 1.85. The first kappa shape index (κ1) is 16.2. The first-order chi connectivity index (χ1) is 11.7. The van der Waals surface area contributed by atoms with Crippen molar-refractivity contribution in [3.8, 4) is 5.75 Å². The summed E-state index contributed by atoms with van der Waals surface area (Å²) in [6, 6.07) is 7.88. The van der Waals surface area contributed by atoms with Crippen molar-refractivity contribution in [2.45, 2.75) is 50.3 Å². The molecule has 2 heterocycles. The maximum absolute atomic E-state index is 12.7. The molecule has 3 fully saturated rings. The fourth-order valence-electron chi connectivity index (χ4n) is 3.67. The van der Waals surface area contributed by atoms with E-state index in [1.54, 1.807) is 0 Å². The highest BCUT2D eigenvalue weighted by Crippen LogP contribution is 2.36. The Bertz CT molecular complexity index is 582. The minimum atomic E-state index is -0.0654. The molecule has 0 aromatic heterocycles. The summed E-state index contributed by atoms with van der Waals surface area (Å²) >= 11 is 5.89. The number of carbonyl (C=O) groups is 1. The van der Waals surface area contributed by atoms with Gasteiger partial charge >= 0.3 is 0 Å². The van der Waals surface area contributed by atoms with Crippen LogP contribution in [0.4, 0.5) is 0 Å². The van der Waals surface area contributed by atoms with Crippen LogP contribution >= 0.6 is 11.6 Å². The monoisotopic (exact) mass is 349 g/mol. The number of piperidine rings is 1. The lowest BCUT2D eigenvalue weighted by atomic mass is 10.0. The number of amides is 1. The second-order valence-corrected chi connectivity index (χ2v) is 7.55. The molecule has 24 heavy (non-hydrogen) atoms. The van der Waals surface area contributed by atoms with E-state index in [1.807, 2.05) is 29.2 Å². The number of nitrogens with one attached hydrogen (secondary N) is 2. The Morgan fingerprint density at radius 3 is 2.46 bits per heavy atom. The lowest BCUT2D eigenvalue weighted by Crippen LogP contribution is -2.49. The Balaban J connectivity index is 1.25. The zero-order chi connectivity index (χ0) is 16.5. The van der Waals surface area contributed by atoms with Crippen molar-refractivity contribution in [1.82, 2.24) is 15.8 Å². The number of nitrogens with zero attached hydrogens (tertiary/aromatic N) is 1. The minimum absolute atomic E-state index is 0.0654. The van der Waals surface area contributed by atoms with Gasteiger partial charge in [-0.25, -0.2) is 5.43 Å². The molecule has 2 saturated heterocycles. The maximum Gasteiger partial charge on any atom is 0.241 e. The first-order valence-electron chi connectivity index (χ1n) is 8.91. The van der Waals surface area contributed by atoms with Crippen molar-refractivity contribution >= 4 is 17.5 Å². The highest BCUT2D eigenvalue weighted by Gasteiger charge is 2.40. The molecule has 4 rings (SSSR count). The van der Waals surface area contributed by atoms with Gasteiger partial charge in [-0.1, -0.05) is 11.6 Å². The Hall–Kier alpha value is -1.30. The summed E-state index contributed by atoms with van der Waals surface area (Å²) in [5.41, 5.74) is 6.50. The second-order valence-electron chi connectivity index (χ2n) is 7.12. The molecule has 1 aromatic carbocycles. The third-order valence-electron chi connectivity index (χ3n) is 5.29. The SMILES string of the molecule is O=C(C1CC(C2CC2)NN1)N1CCC(Oc2ccc(Cl)cc2)CC1. The second kappa shape index (κ2) is 6.90. The number of hydrogen-bond donors (Lipinski definition) is 2. The number of benzene rings is 1. The quantitative estimate of drug-likeness (QED) is 0.876. The molecule has 2 unspecified atom stereocenters. The summed E-state index contributed by atoms with van der Waals surface area (Å²) in [6.07, 6.45) is 5.44. The van der Waals surface area contributed by atoms with Crippen molar-refractivity contribution in [2.75, 3.05) is 13.1 Å². The molecule has 1 aromatic rings. The Kier molecular flexibility index (Phi) is 4.66. The molecule has 2 N–H and O–H groups in total. The van der Waals surface area contributed by atoms with Crippen molar-refractivity contribution in [3.63, 3.8) is 0 Å². The van der Waals surface area contributed by atoms with Crippen LogP contribution in [0.5, 0.6) is 5.75 Å². The van der Waals surface area contributed by atoms with Crippen LogP contribution in [-0.4, -0.2) is 42.1 Å². The van der Waals surface area contributed by atoms with Gasteiger partial charge < -0.3 is 9.64 Å². The third-order valence-corrected chi connectivity index (χ3v) is 5.54. The van der Waals surface area contributed by atoms with E-state index in [9.17, 15) is 4.79 Å². The zero-order valence-electron chi connectivity index (χ0n) is 13.7. The van der Waals surface area contributed by atoms with Gasteiger partial charge in [0.2, 0.25) is 5.91 Å². The minimum Gasteiger partial charge on any atom is -0.490 e. The smallest absolute Gasteiger partial charge is 0.241 e. The first-order valence-corrected chi connectivity index (χ1v) is 9.29. The van der Waals surface area contributed by atoms with Crippen molar-refractivity contribution in [1.29, 1.82) is 0 Å². The average molecular weight is 350 g/mol. The van der Waals surface area contributed by atoms with E-state index in [0.717, 1.165) is 44.0 Å². The predicted molar refractivity (Wildman–Crippen MR) is 92.9 cm³/mol. The van der Waals surface area contributed by atoms with E-state index in [1.165, 1.54) is 12.8 Å². The molecule has 0 spiro atoms. The molecule has 5 nitrogen and oxygen atoms in total. The molecule has 1 amide bonds. The number of ether oxygens (including phenoxy) is 1. The number of likely N-dealkylation sites (tertiary alicyclic amines) is 1. The summed E-state index contributed by atoms with van der Waals surface area (Å²) in [5, 5.41) is 0.713. The van der Waals surface area contributed by atoms with E-state index < -0.39 is 0 Å². The third kappa shape index (κ3) is 3.68. The summed E-state index contributed by atoms with van der Waals surface area (Å²) < 4.78 is 6.00. The fourth-order valence-corrected chi connectivity index (χ4v) is 3.80. The molecule has 130 valence electrons. The topological polar surface area (TPSA) is 53.6 Å². The largest absolute Gasteiger partial charge is 0.490 e. The van der Waals surface area contributed by atoms with Crippen LogP contribution in [0, 0.1) is 5.92 Å². The molecular weight excluding hydrogens is 326 g/mol. The van der Waals surface area contributed by atoms with Crippen LogP contribution < -0.4 is 15.6 Å². The molecule has 3 aliphatic rings. The van der Waals surface area contributed by atoms with Gasteiger partial charge in [0.15, 0.2) is 0 Å². The van der Waals surface area contributed by atoms with Crippen LogP contribution in [-0.2, 0) is 4.79 Å². The zero-order valence-corrected chi connectivity index (χ0v) is 14.5. The van der Waals surface area contributed by atoms with Gasteiger partial charge in [-0.05, 0) is 49.4 Å². The molecule has 1 saturated carbocycles. The van der Waals surface area contributed by atoms with Gasteiger partial charge in [0.05, 0.1) is 0 Å². The van der Waals surface area contributed by atoms with Gasteiger partial charge in [0, 0.05) is 37.0 Å². The summed E-state index contributed by atoms with van der Waals surface area (Å²) in [7, 11) is 0. The van der Waals surface area contributed by atoms with Gasteiger partial charge in [0.1, 0.15) is 17.9 Å². The van der Waals surface area contributed by atoms with Gasteiger partial charge in [-0.15, -0.1) is 0 Å². The van der Waals surface area contributed by atoms with Gasteiger partial charge in [0.25, 0.3) is 0 Å². The molecule has 6 heteroatoms. The van der Waals surface area contributed by atoms with Crippen molar-refractivity contribution in [3.05, 3.63) is 29.3 Å². The van der Waals surface area contributed by atoms with Crippen LogP contribution in [0.1, 0.15) is 32.1 Å². The molecule has 2 atom stereocenters. The normalized spacial score (nSPS) is 28.1. The van der Waals surface area contributed by atoms with Crippen molar-refractivity contribution < 1.29 is 9.53 Å². The Morgan fingerprint density at radius 1 is 1.08 bits per heavy atom. The van der Waals surface area contributed by atoms with E-state index in [-0.39, 0.29) is 18.1 Å². The summed E-state index contributed by atoms with van der Waals surface area (Å²) in [6.45, 7) is 1.53. The Labute approximate surface area is 147 Å². The number of hydrogen-bond acceptors (Lipinski definition) is 4. The van der Waals surface area contributed by atoms with Gasteiger partial charge in [-0.2, -0.15) is 0 Å². The highest BCUT2D eigenvalue weighted by molar-refractivity contribution is 6.30. The van der Waals surface area contributed by atoms with Crippen LogP contribution in [0.3, 0.4) is 0 Å². The predicted octanol–water partition coefficient (Wildman–Crippen LogP) is 2.35. The number of hydrazine groups is 1. The lowest BCUT2D eigenvalue weighted by molar-refractivity contribution is -0.135. The lowest BCUT2D eigenvalue weighted by Gasteiger charge is -2.33.